The van der Waals surface area contributed by atoms with E-state index in [1.807, 2.05) is 24.3 Å². The number of hydrazone groups is 1. The average molecular weight is 448 g/mol. The van der Waals surface area contributed by atoms with Crippen molar-refractivity contribution in [2.75, 3.05) is 33.5 Å². The summed E-state index contributed by atoms with van der Waals surface area (Å²) in [5, 5.41) is 7.03. The van der Waals surface area contributed by atoms with E-state index in [1.54, 1.807) is 6.92 Å². The lowest BCUT2D eigenvalue weighted by atomic mass is 9.94. The van der Waals surface area contributed by atoms with Gasteiger partial charge in [-0.05, 0) is 57.1 Å². The van der Waals surface area contributed by atoms with Gasteiger partial charge in [0.05, 0.1) is 18.2 Å². The van der Waals surface area contributed by atoms with Crippen LogP contribution >= 0.6 is 0 Å². The molecular formula is C24H28F3N3O2. The summed E-state index contributed by atoms with van der Waals surface area (Å²) >= 11 is 0. The van der Waals surface area contributed by atoms with Gasteiger partial charge in [-0.1, -0.05) is 24.3 Å². The van der Waals surface area contributed by atoms with E-state index in [1.165, 1.54) is 6.07 Å². The van der Waals surface area contributed by atoms with Gasteiger partial charge in [-0.15, -0.1) is 0 Å². The van der Waals surface area contributed by atoms with Crippen molar-refractivity contribution in [1.29, 1.82) is 0 Å². The molecule has 4 rings (SSSR count). The number of hydrogen-bond acceptors (Lipinski definition) is 5. The highest BCUT2D eigenvalue weighted by Crippen LogP contribution is 2.36. The molecule has 0 unspecified atom stereocenters. The summed E-state index contributed by atoms with van der Waals surface area (Å²) in [7, 11) is 2.10. The summed E-state index contributed by atoms with van der Waals surface area (Å²) in [4.78, 5) is 2.29. The zero-order chi connectivity index (χ0) is 22.7. The maximum Gasteiger partial charge on any atom is 0.416 e. The van der Waals surface area contributed by atoms with Crippen LogP contribution in [0.5, 0.6) is 5.75 Å². The van der Waals surface area contributed by atoms with Gasteiger partial charge in [-0.3, -0.25) is 5.01 Å². The minimum atomic E-state index is -4.47. The van der Waals surface area contributed by atoms with Crippen LogP contribution in [0.15, 0.2) is 47.6 Å². The molecule has 1 fully saturated rings. The predicted octanol–water partition coefficient (Wildman–Crippen LogP) is 4.74. The van der Waals surface area contributed by atoms with Crippen molar-refractivity contribution in [3.8, 4) is 5.75 Å². The highest BCUT2D eigenvalue weighted by atomic mass is 19.4. The third-order valence-electron chi connectivity index (χ3n) is 5.92. The number of halogens is 3. The maximum atomic E-state index is 13.4. The molecule has 0 N–H and O–H groups in total. The van der Waals surface area contributed by atoms with E-state index in [9.17, 15) is 13.2 Å². The first kappa shape index (κ1) is 22.6. The van der Waals surface area contributed by atoms with E-state index < -0.39 is 11.7 Å². The molecule has 0 saturated carbocycles. The Balaban J connectivity index is 1.77. The van der Waals surface area contributed by atoms with Gasteiger partial charge >= 0.3 is 6.18 Å². The van der Waals surface area contributed by atoms with Gasteiger partial charge in [0.25, 0.3) is 0 Å². The molecule has 0 radical (unpaired) electrons. The number of fused-ring (bicyclic) bond motifs is 1. The third-order valence-corrected chi connectivity index (χ3v) is 5.92. The predicted molar refractivity (Wildman–Crippen MR) is 117 cm³/mol. The van der Waals surface area contributed by atoms with Gasteiger partial charge in [-0.2, -0.15) is 18.3 Å². The van der Waals surface area contributed by atoms with Crippen LogP contribution in [0.4, 0.5) is 13.2 Å². The quantitative estimate of drug-likeness (QED) is 0.474. The molecule has 0 amide bonds. The molecule has 2 aliphatic rings. The average Bonchev–Trinajstić information content (AvgIpc) is 2.78. The number of likely N-dealkylation sites (tertiary alicyclic amines) is 1. The number of likely N-dealkylation sites (N-methyl/N-ethyl adjacent to an activating group) is 1. The molecule has 2 aliphatic heterocycles. The Morgan fingerprint density at radius 3 is 2.69 bits per heavy atom. The van der Waals surface area contributed by atoms with Gasteiger partial charge < -0.3 is 14.4 Å². The van der Waals surface area contributed by atoms with E-state index >= 15 is 0 Å². The second-order valence-corrected chi connectivity index (χ2v) is 8.23. The molecule has 1 atom stereocenters. The lowest BCUT2D eigenvalue weighted by molar-refractivity contribution is -0.137. The molecule has 2 aromatic rings. The molecule has 5 nitrogen and oxygen atoms in total. The smallest absolute Gasteiger partial charge is 0.416 e. The monoisotopic (exact) mass is 447 g/mol. The number of nitrogens with zero attached hydrogens (tertiary/aromatic N) is 3. The first-order valence-corrected chi connectivity index (χ1v) is 10.9. The van der Waals surface area contributed by atoms with Gasteiger partial charge in [0, 0.05) is 24.3 Å². The number of alkyl halides is 3. The summed E-state index contributed by atoms with van der Waals surface area (Å²) in [5.41, 5.74) is 2.40. The summed E-state index contributed by atoms with van der Waals surface area (Å²) < 4.78 is 51.0. The molecule has 32 heavy (non-hydrogen) atoms. The van der Waals surface area contributed by atoms with Gasteiger partial charge in [0.15, 0.2) is 6.79 Å². The molecule has 0 aromatic heterocycles. The zero-order valence-electron chi connectivity index (χ0n) is 18.4. The maximum absolute atomic E-state index is 13.4. The van der Waals surface area contributed by atoms with E-state index in [2.05, 4.69) is 17.0 Å². The van der Waals surface area contributed by atoms with Crippen molar-refractivity contribution in [1.82, 2.24) is 9.91 Å². The molecule has 172 valence electrons. The van der Waals surface area contributed by atoms with Crippen molar-refractivity contribution in [2.24, 2.45) is 5.10 Å². The van der Waals surface area contributed by atoms with Crippen molar-refractivity contribution in [3.05, 3.63) is 64.7 Å². The second kappa shape index (κ2) is 9.50. The van der Waals surface area contributed by atoms with Crippen LogP contribution in [0.25, 0.3) is 0 Å². The van der Waals surface area contributed by atoms with E-state index in [4.69, 9.17) is 14.6 Å². The van der Waals surface area contributed by atoms with Crippen LogP contribution in [0.2, 0.25) is 0 Å². The number of benzene rings is 2. The Morgan fingerprint density at radius 1 is 1.12 bits per heavy atom. The second-order valence-electron chi connectivity index (χ2n) is 8.23. The Labute approximate surface area is 186 Å². The topological polar surface area (TPSA) is 37.3 Å². The molecule has 0 spiro atoms. The van der Waals surface area contributed by atoms with Gasteiger partial charge in [-0.25, -0.2) is 0 Å². The minimum Gasteiger partial charge on any atom is -0.467 e. The lowest BCUT2D eigenvalue weighted by Gasteiger charge is -2.39. The molecule has 2 aromatic carbocycles. The van der Waals surface area contributed by atoms with Crippen LogP contribution in [-0.4, -0.2) is 55.2 Å². The normalized spacial score (nSPS) is 19.5. The fourth-order valence-electron chi connectivity index (χ4n) is 4.28. The van der Waals surface area contributed by atoms with Crippen LogP contribution in [-0.2, 0) is 17.5 Å². The number of hydrogen-bond donors (Lipinski definition) is 0. The van der Waals surface area contributed by atoms with Crippen molar-refractivity contribution in [3.63, 3.8) is 0 Å². The first-order valence-electron chi connectivity index (χ1n) is 10.9. The summed E-state index contributed by atoms with van der Waals surface area (Å²) in [6.45, 7) is 4.72. The summed E-state index contributed by atoms with van der Waals surface area (Å²) in [5.74, 6) is 0.115. The third kappa shape index (κ3) is 4.91. The zero-order valence-corrected chi connectivity index (χ0v) is 18.4. The van der Waals surface area contributed by atoms with Crippen molar-refractivity contribution < 1.29 is 22.6 Å². The van der Waals surface area contributed by atoms with Crippen LogP contribution < -0.4 is 4.74 Å². The molecule has 0 aliphatic carbocycles. The Kier molecular flexibility index (Phi) is 6.71. The molecule has 1 saturated heterocycles. The van der Waals surface area contributed by atoms with Gasteiger partial charge in [0.2, 0.25) is 0 Å². The van der Waals surface area contributed by atoms with Crippen LogP contribution in [0.1, 0.15) is 42.0 Å². The number of rotatable bonds is 6. The van der Waals surface area contributed by atoms with Crippen molar-refractivity contribution >= 4 is 5.71 Å². The van der Waals surface area contributed by atoms with E-state index in [0.29, 0.717) is 24.4 Å². The van der Waals surface area contributed by atoms with Crippen LogP contribution in [0, 0.1) is 0 Å². The van der Waals surface area contributed by atoms with Crippen molar-refractivity contribution in [2.45, 2.75) is 38.5 Å². The van der Waals surface area contributed by atoms with Crippen LogP contribution in [0.3, 0.4) is 0 Å². The minimum absolute atomic E-state index is 0.115. The fraction of sp³-hybridized carbons (Fsp3) is 0.458. The molecule has 0 bridgehead atoms. The van der Waals surface area contributed by atoms with E-state index in [0.717, 1.165) is 49.2 Å². The Morgan fingerprint density at radius 2 is 1.94 bits per heavy atom. The molecule has 8 heteroatoms. The lowest BCUT2D eigenvalue weighted by Crippen LogP contribution is -2.45. The SMILES string of the molecule is CCOCOc1cc(C(F)(F)F)ccc1C1=NN([C@@H]2CCCN(C)C2)Cc2ccccc21. The number of ether oxygens (including phenoxy) is 2. The first-order chi connectivity index (χ1) is 15.4. The fourth-order valence-corrected chi connectivity index (χ4v) is 4.28. The Bertz CT molecular complexity index is 977. The summed E-state index contributed by atoms with van der Waals surface area (Å²) in [6.07, 6.45) is -2.34. The number of piperidine rings is 1. The van der Waals surface area contributed by atoms with E-state index in [-0.39, 0.29) is 18.6 Å². The molecular weight excluding hydrogens is 419 g/mol. The highest BCUT2D eigenvalue weighted by molar-refractivity contribution is 6.15. The standard InChI is InChI=1S/C24H28F3N3O2/c1-3-31-16-32-22-13-18(24(25,26)27)10-11-21(22)23-20-9-5-4-7-17(20)14-30(28-23)19-8-6-12-29(2)15-19/h4-5,7,9-11,13,19H,3,6,8,12,14-16H2,1-2H3/t19-/m1/s1. The highest BCUT2D eigenvalue weighted by Gasteiger charge is 2.33. The Hall–Kier alpha value is -2.58. The van der Waals surface area contributed by atoms with Gasteiger partial charge in [0.1, 0.15) is 11.5 Å². The molecule has 2 heterocycles. The largest absolute Gasteiger partial charge is 0.467 e. The summed E-state index contributed by atoms with van der Waals surface area (Å²) in [6, 6.07) is 11.7.